The molecule has 31 heavy (non-hydrogen) atoms. The third-order valence-electron chi connectivity index (χ3n) is 4.97. The molecular weight excluding hydrogens is 416 g/mol. The predicted octanol–water partition coefficient (Wildman–Crippen LogP) is 4.85. The van der Waals surface area contributed by atoms with E-state index in [2.05, 4.69) is 10.3 Å². The quantitative estimate of drug-likeness (QED) is 0.554. The molecule has 160 valence electrons. The topological polar surface area (TPSA) is 78.3 Å². The molecule has 7 nitrogen and oxygen atoms in total. The van der Waals surface area contributed by atoms with Crippen molar-refractivity contribution < 1.29 is 14.3 Å². The maximum atomic E-state index is 12.9. The number of anilines is 1. The third-order valence-corrected chi connectivity index (χ3v) is 5.32. The third kappa shape index (κ3) is 4.01. The minimum Gasteiger partial charge on any atom is -0.494 e. The second kappa shape index (κ2) is 8.81. The zero-order valence-electron chi connectivity index (χ0n) is 17.6. The van der Waals surface area contributed by atoms with Crippen LogP contribution in [0.5, 0.6) is 5.75 Å². The highest BCUT2D eigenvalue weighted by Crippen LogP contribution is 2.39. The first-order valence-corrected chi connectivity index (χ1v) is 10.5. The summed E-state index contributed by atoms with van der Waals surface area (Å²) in [6.07, 6.45) is 0. The Hall–Kier alpha value is -3.32. The molecule has 0 aliphatic carbocycles. The van der Waals surface area contributed by atoms with Gasteiger partial charge in [-0.15, -0.1) is 5.10 Å². The minimum atomic E-state index is -0.562. The van der Waals surface area contributed by atoms with Crippen LogP contribution < -0.4 is 10.1 Å². The van der Waals surface area contributed by atoms with E-state index in [-0.39, 0.29) is 6.61 Å². The summed E-state index contributed by atoms with van der Waals surface area (Å²) in [7, 11) is 0. The number of ether oxygens (including phenoxy) is 2. The number of rotatable bonds is 6. The van der Waals surface area contributed by atoms with Crippen molar-refractivity contribution in [1.82, 2.24) is 14.8 Å². The van der Waals surface area contributed by atoms with Crippen molar-refractivity contribution >= 4 is 23.5 Å². The van der Waals surface area contributed by atoms with E-state index >= 15 is 0 Å². The average molecular weight is 439 g/mol. The molecule has 2 aromatic carbocycles. The normalized spacial score (nSPS) is 15.3. The van der Waals surface area contributed by atoms with E-state index < -0.39 is 12.0 Å². The summed E-state index contributed by atoms with van der Waals surface area (Å²) in [4.78, 5) is 17.5. The number of esters is 1. The molecule has 0 radical (unpaired) electrons. The van der Waals surface area contributed by atoms with Crippen molar-refractivity contribution in [2.75, 3.05) is 18.5 Å². The van der Waals surface area contributed by atoms with Gasteiger partial charge in [-0.3, -0.25) is 0 Å². The van der Waals surface area contributed by atoms with E-state index in [0.29, 0.717) is 34.7 Å². The lowest BCUT2D eigenvalue weighted by molar-refractivity contribution is -0.139. The Morgan fingerprint density at radius 1 is 1.13 bits per heavy atom. The van der Waals surface area contributed by atoms with Crippen LogP contribution in [0.2, 0.25) is 5.02 Å². The molecule has 0 amide bonds. The second-order valence-electron chi connectivity index (χ2n) is 6.97. The number of carbonyl (C=O) groups is 1. The molecule has 0 fully saturated rings. The second-order valence-corrected chi connectivity index (χ2v) is 7.38. The Bertz CT molecular complexity index is 1140. The van der Waals surface area contributed by atoms with Crippen molar-refractivity contribution in [3.8, 4) is 17.1 Å². The monoisotopic (exact) mass is 438 g/mol. The highest BCUT2D eigenvalue weighted by atomic mass is 35.5. The zero-order valence-corrected chi connectivity index (χ0v) is 18.3. The lowest BCUT2D eigenvalue weighted by Crippen LogP contribution is -2.29. The summed E-state index contributed by atoms with van der Waals surface area (Å²) >= 11 is 6.52. The van der Waals surface area contributed by atoms with Gasteiger partial charge in [-0.2, -0.15) is 4.98 Å². The van der Waals surface area contributed by atoms with Crippen LogP contribution >= 0.6 is 11.6 Å². The van der Waals surface area contributed by atoms with Gasteiger partial charge in [0.05, 0.1) is 18.8 Å². The van der Waals surface area contributed by atoms with E-state index in [1.54, 1.807) is 17.7 Å². The number of benzene rings is 2. The SMILES string of the molecule is CCOC(=O)C1=C(C)Nc2nc(-c3ccc(OCC)cc3)nn2C1c1ccccc1Cl. The van der Waals surface area contributed by atoms with Crippen molar-refractivity contribution in [3.63, 3.8) is 0 Å². The van der Waals surface area contributed by atoms with Crippen molar-refractivity contribution in [1.29, 1.82) is 0 Å². The van der Waals surface area contributed by atoms with E-state index in [9.17, 15) is 4.79 Å². The van der Waals surface area contributed by atoms with Crippen LogP contribution in [0.1, 0.15) is 32.4 Å². The van der Waals surface area contributed by atoms with Gasteiger partial charge in [0.1, 0.15) is 11.8 Å². The van der Waals surface area contributed by atoms with Crippen molar-refractivity contribution in [3.05, 3.63) is 70.4 Å². The Balaban J connectivity index is 1.81. The predicted molar refractivity (Wildman–Crippen MR) is 119 cm³/mol. The summed E-state index contributed by atoms with van der Waals surface area (Å²) in [5.74, 6) is 1.42. The number of halogens is 1. The molecule has 1 atom stereocenters. The van der Waals surface area contributed by atoms with Gasteiger partial charge in [-0.05, 0) is 51.1 Å². The molecule has 2 heterocycles. The Kier molecular flexibility index (Phi) is 5.95. The van der Waals surface area contributed by atoms with Crippen LogP contribution in [0.3, 0.4) is 0 Å². The molecule has 1 N–H and O–H groups in total. The summed E-state index contributed by atoms with van der Waals surface area (Å²) in [5, 5.41) is 8.45. The number of hydrogen-bond acceptors (Lipinski definition) is 6. The van der Waals surface area contributed by atoms with Crippen LogP contribution in [0.15, 0.2) is 59.8 Å². The van der Waals surface area contributed by atoms with Crippen LogP contribution in [-0.4, -0.2) is 33.9 Å². The molecule has 8 heteroatoms. The fourth-order valence-corrected chi connectivity index (χ4v) is 3.84. The van der Waals surface area contributed by atoms with Crippen LogP contribution in [0, 0.1) is 0 Å². The number of nitrogens with one attached hydrogen (secondary N) is 1. The first kappa shape index (κ1) is 20.9. The van der Waals surface area contributed by atoms with Gasteiger partial charge in [0.15, 0.2) is 5.82 Å². The Morgan fingerprint density at radius 3 is 2.55 bits per heavy atom. The molecule has 1 aliphatic heterocycles. The van der Waals surface area contributed by atoms with E-state index in [1.807, 2.05) is 56.3 Å². The molecular formula is C23H23ClN4O3. The van der Waals surface area contributed by atoms with E-state index in [4.69, 9.17) is 26.2 Å². The van der Waals surface area contributed by atoms with Gasteiger partial charge in [-0.1, -0.05) is 29.8 Å². The smallest absolute Gasteiger partial charge is 0.338 e. The molecule has 3 aromatic rings. The average Bonchev–Trinajstić information content (AvgIpc) is 3.18. The van der Waals surface area contributed by atoms with Gasteiger partial charge in [0.2, 0.25) is 5.95 Å². The highest BCUT2D eigenvalue weighted by molar-refractivity contribution is 6.31. The standard InChI is InChI=1S/C23H23ClN4O3/c1-4-30-16-12-10-15(11-13-16)21-26-23-25-14(3)19(22(29)31-5-2)20(28(23)27-21)17-8-6-7-9-18(17)24/h6-13,20H,4-5H2,1-3H3,(H,25,26,27). The van der Waals surface area contributed by atoms with E-state index in [1.165, 1.54) is 0 Å². The molecule has 4 rings (SSSR count). The largest absolute Gasteiger partial charge is 0.494 e. The van der Waals surface area contributed by atoms with Crippen molar-refractivity contribution in [2.24, 2.45) is 0 Å². The first-order valence-electron chi connectivity index (χ1n) is 10.1. The van der Waals surface area contributed by atoms with Gasteiger partial charge < -0.3 is 14.8 Å². The zero-order chi connectivity index (χ0) is 22.0. The molecule has 0 bridgehead atoms. The molecule has 1 aliphatic rings. The summed E-state index contributed by atoms with van der Waals surface area (Å²) in [6, 6.07) is 14.4. The van der Waals surface area contributed by atoms with Crippen LogP contribution in [0.25, 0.3) is 11.4 Å². The molecule has 1 unspecified atom stereocenters. The summed E-state index contributed by atoms with van der Waals surface area (Å²) < 4.78 is 12.5. The van der Waals surface area contributed by atoms with Crippen molar-refractivity contribution in [2.45, 2.75) is 26.8 Å². The summed E-state index contributed by atoms with van der Waals surface area (Å²) in [6.45, 7) is 6.41. The number of carbonyl (C=O) groups excluding carboxylic acids is 1. The number of aromatic nitrogens is 3. The number of allylic oxidation sites excluding steroid dienone is 1. The fraction of sp³-hybridized carbons (Fsp3) is 0.261. The van der Waals surface area contributed by atoms with Gasteiger partial charge in [0, 0.05) is 21.8 Å². The maximum Gasteiger partial charge on any atom is 0.338 e. The van der Waals surface area contributed by atoms with Gasteiger partial charge >= 0.3 is 5.97 Å². The van der Waals surface area contributed by atoms with Crippen LogP contribution in [0.4, 0.5) is 5.95 Å². The molecule has 0 spiro atoms. The summed E-state index contributed by atoms with van der Waals surface area (Å²) in [5.41, 5.74) is 2.69. The number of fused-ring (bicyclic) bond motifs is 1. The lowest BCUT2D eigenvalue weighted by Gasteiger charge is -2.28. The fourth-order valence-electron chi connectivity index (χ4n) is 3.60. The van der Waals surface area contributed by atoms with E-state index in [0.717, 1.165) is 16.9 Å². The number of nitrogens with zero attached hydrogens (tertiary/aromatic N) is 3. The Morgan fingerprint density at radius 2 is 1.87 bits per heavy atom. The number of hydrogen-bond donors (Lipinski definition) is 1. The molecule has 1 aromatic heterocycles. The minimum absolute atomic E-state index is 0.270. The molecule has 0 saturated carbocycles. The van der Waals surface area contributed by atoms with Gasteiger partial charge in [-0.25, -0.2) is 9.48 Å². The van der Waals surface area contributed by atoms with Crippen LogP contribution in [-0.2, 0) is 9.53 Å². The highest BCUT2D eigenvalue weighted by Gasteiger charge is 2.36. The maximum absolute atomic E-state index is 12.9. The molecule has 0 saturated heterocycles. The Labute approximate surface area is 185 Å². The van der Waals surface area contributed by atoms with Gasteiger partial charge in [0.25, 0.3) is 0 Å². The lowest BCUT2D eigenvalue weighted by atomic mass is 9.96. The first-order chi connectivity index (χ1) is 15.0.